The van der Waals surface area contributed by atoms with Gasteiger partial charge in [0.1, 0.15) is 12.4 Å². The lowest BCUT2D eigenvalue weighted by molar-refractivity contribution is 0.148. The predicted octanol–water partition coefficient (Wildman–Crippen LogP) is 3.36. The molecular weight excluding hydrogens is 262 g/mol. The van der Waals surface area contributed by atoms with E-state index in [0.29, 0.717) is 6.61 Å². The van der Waals surface area contributed by atoms with Gasteiger partial charge in [-0.15, -0.1) is 0 Å². The van der Waals surface area contributed by atoms with E-state index in [1.165, 1.54) is 11.1 Å². The van der Waals surface area contributed by atoms with E-state index in [0.717, 1.165) is 32.1 Å². The number of nitrogens with one attached hydrogen (secondary N) is 1. The van der Waals surface area contributed by atoms with Crippen molar-refractivity contribution in [2.75, 3.05) is 32.9 Å². The highest BCUT2D eigenvalue weighted by Crippen LogP contribution is 2.21. The van der Waals surface area contributed by atoms with Crippen molar-refractivity contribution in [2.24, 2.45) is 0 Å². The molecule has 2 rings (SSSR count). The molecule has 0 unspecified atom stereocenters. The molecule has 0 radical (unpaired) electrons. The first-order chi connectivity index (χ1) is 10.4. The Bertz CT molecular complexity index is 496. The molecule has 0 amide bonds. The lowest BCUT2D eigenvalue weighted by Gasteiger charge is -2.08. The van der Waals surface area contributed by atoms with Crippen molar-refractivity contribution in [3.8, 4) is 16.9 Å². The quantitative estimate of drug-likeness (QED) is 0.717. The van der Waals surface area contributed by atoms with Crippen molar-refractivity contribution in [2.45, 2.75) is 6.92 Å². The highest BCUT2D eigenvalue weighted by Gasteiger charge is 1.98. The first kappa shape index (κ1) is 15.5. The molecule has 0 aliphatic carbocycles. The van der Waals surface area contributed by atoms with Gasteiger partial charge in [0, 0.05) is 19.7 Å². The van der Waals surface area contributed by atoms with Crippen LogP contribution in [-0.4, -0.2) is 32.9 Å². The van der Waals surface area contributed by atoms with Gasteiger partial charge in [0.15, 0.2) is 0 Å². The van der Waals surface area contributed by atoms with Crippen LogP contribution < -0.4 is 10.1 Å². The topological polar surface area (TPSA) is 30.5 Å². The summed E-state index contributed by atoms with van der Waals surface area (Å²) in [6, 6.07) is 18.6. The second-order valence-corrected chi connectivity index (χ2v) is 4.69. The maximum Gasteiger partial charge on any atom is 0.119 e. The third kappa shape index (κ3) is 5.58. The van der Waals surface area contributed by atoms with Gasteiger partial charge in [-0.1, -0.05) is 42.5 Å². The molecule has 3 nitrogen and oxygen atoms in total. The highest BCUT2D eigenvalue weighted by atomic mass is 16.5. The van der Waals surface area contributed by atoms with E-state index in [9.17, 15) is 0 Å². The summed E-state index contributed by atoms with van der Waals surface area (Å²) in [6.45, 7) is 5.88. The summed E-state index contributed by atoms with van der Waals surface area (Å²) < 4.78 is 11.0. The molecular formula is C18H23NO2. The fraction of sp³-hybridized carbons (Fsp3) is 0.333. The Balaban J connectivity index is 1.71. The largest absolute Gasteiger partial charge is 0.492 e. The maximum absolute atomic E-state index is 5.70. The van der Waals surface area contributed by atoms with E-state index in [1.807, 2.05) is 37.3 Å². The first-order valence-corrected chi connectivity index (χ1v) is 7.47. The van der Waals surface area contributed by atoms with Gasteiger partial charge in [0.25, 0.3) is 0 Å². The lowest BCUT2D eigenvalue weighted by atomic mass is 10.1. The Labute approximate surface area is 126 Å². The molecule has 112 valence electrons. The summed E-state index contributed by atoms with van der Waals surface area (Å²) >= 11 is 0. The van der Waals surface area contributed by atoms with Crippen molar-refractivity contribution < 1.29 is 9.47 Å². The van der Waals surface area contributed by atoms with Crippen LogP contribution in [0.3, 0.4) is 0 Å². The zero-order valence-electron chi connectivity index (χ0n) is 12.5. The van der Waals surface area contributed by atoms with E-state index in [2.05, 4.69) is 29.6 Å². The van der Waals surface area contributed by atoms with Crippen LogP contribution in [0.1, 0.15) is 6.92 Å². The molecule has 0 aromatic heterocycles. The van der Waals surface area contributed by atoms with Gasteiger partial charge in [-0.05, 0) is 30.2 Å². The van der Waals surface area contributed by atoms with Gasteiger partial charge in [-0.25, -0.2) is 0 Å². The summed E-state index contributed by atoms with van der Waals surface area (Å²) in [7, 11) is 0. The predicted molar refractivity (Wildman–Crippen MR) is 86.7 cm³/mol. The average Bonchev–Trinajstić information content (AvgIpc) is 2.55. The van der Waals surface area contributed by atoms with E-state index in [-0.39, 0.29) is 0 Å². The van der Waals surface area contributed by atoms with Crippen molar-refractivity contribution >= 4 is 0 Å². The third-order valence-corrected chi connectivity index (χ3v) is 3.14. The molecule has 21 heavy (non-hydrogen) atoms. The molecule has 0 aliphatic rings. The Morgan fingerprint density at radius 2 is 1.48 bits per heavy atom. The minimum atomic E-state index is 0.664. The van der Waals surface area contributed by atoms with Crippen LogP contribution in [-0.2, 0) is 4.74 Å². The van der Waals surface area contributed by atoms with Crippen molar-refractivity contribution in [3.05, 3.63) is 54.6 Å². The zero-order chi connectivity index (χ0) is 14.8. The molecule has 0 bridgehead atoms. The molecule has 0 fully saturated rings. The number of benzene rings is 2. The molecule has 2 aromatic carbocycles. The maximum atomic E-state index is 5.70. The average molecular weight is 285 g/mol. The molecule has 0 saturated carbocycles. The molecule has 0 heterocycles. The number of ether oxygens (including phenoxy) is 2. The van der Waals surface area contributed by atoms with Crippen LogP contribution in [0.2, 0.25) is 0 Å². The van der Waals surface area contributed by atoms with Crippen molar-refractivity contribution in [1.82, 2.24) is 5.32 Å². The summed E-state index contributed by atoms with van der Waals surface area (Å²) in [5.74, 6) is 0.904. The molecule has 2 aromatic rings. The minimum Gasteiger partial charge on any atom is -0.492 e. The lowest BCUT2D eigenvalue weighted by Crippen LogP contribution is -2.24. The second kappa shape index (κ2) is 9.16. The van der Waals surface area contributed by atoms with Gasteiger partial charge in [-0.3, -0.25) is 0 Å². The smallest absolute Gasteiger partial charge is 0.119 e. The van der Waals surface area contributed by atoms with Crippen molar-refractivity contribution in [1.29, 1.82) is 0 Å². The van der Waals surface area contributed by atoms with E-state index >= 15 is 0 Å². The molecule has 1 N–H and O–H groups in total. The number of hydrogen-bond acceptors (Lipinski definition) is 3. The van der Waals surface area contributed by atoms with Gasteiger partial charge in [0.05, 0.1) is 6.61 Å². The zero-order valence-corrected chi connectivity index (χ0v) is 12.5. The van der Waals surface area contributed by atoms with Gasteiger partial charge >= 0.3 is 0 Å². The molecule has 0 spiro atoms. The van der Waals surface area contributed by atoms with E-state index in [4.69, 9.17) is 9.47 Å². The highest BCUT2D eigenvalue weighted by molar-refractivity contribution is 5.63. The van der Waals surface area contributed by atoms with Crippen molar-refractivity contribution in [3.63, 3.8) is 0 Å². The Kier molecular flexibility index (Phi) is 6.78. The second-order valence-electron chi connectivity index (χ2n) is 4.69. The first-order valence-electron chi connectivity index (χ1n) is 7.47. The standard InChI is InChI=1S/C18H23NO2/c1-2-20-14-12-19-13-15-21-18-10-8-17(9-11-18)16-6-4-3-5-7-16/h3-11,19H,2,12-15H2,1H3. The monoisotopic (exact) mass is 285 g/mol. The number of rotatable bonds is 9. The Morgan fingerprint density at radius 3 is 2.19 bits per heavy atom. The third-order valence-electron chi connectivity index (χ3n) is 3.14. The Morgan fingerprint density at radius 1 is 0.810 bits per heavy atom. The van der Waals surface area contributed by atoms with E-state index in [1.54, 1.807) is 0 Å². The fourth-order valence-corrected chi connectivity index (χ4v) is 2.03. The van der Waals surface area contributed by atoms with Crippen LogP contribution in [0.5, 0.6) is 5.75 Å². The summed E-state index contributed by atoms with van der Waals surface area (Å²) in [6.07, 6.45) is 0. The van der Waals surface area contributed by atoms with Crippen LogP contribution in [0.15, 0.2) is 54.6 Å². The van der Waals surface area contributed by atoms with Gasteiger partial charge < -0.3 is 14.8 Å². The SMILES string of the molecule is CCOCCNCCOc1ccc(-c2ccccc2)cc1. The van der Waals surface area contributed by atoms with Crippen LogP contribution in [0.25, 0.3) is 11.1 Å². The minimum absolute atomic E-state index is 0.664. The fourth-order valence-electron chi connectivity index (χ4n) is 2.03. The summed E-state index contributed by atoms with van der Waals surface area (Å²) in [5.41, 5.74) is 2.43. The van der Waals surface area contributed by atoms with Crippen LogP contribution >= 0.6 is 0 Å². The van der Waals surface area contributed by atoms with Gasteiger partial charge in [0.2, 0.25) is 0 Å². The summed E-state index contributed by atoms with van der Waals surface area (Å²) in [5, 5.41) is 3.28. The summed E-state index contributed by atoms with van der Waals surface area (Å²) in [4.78, 5) is 0. The molecule has 0 atom stereocenters. The normalized spacial score (nSPS) is 10.5. The molecule has 3 heteroatoms. The van der Waals surface area contributed by atoms with Crippen LogP contribution in [0.4, 0.5) is 0 Å². The molecule has 0 aliphatic heterocycles. The molecule has 0 saturated heterocycles. The van der Waals surface area contributed by atoms with Crippen LogP contribution in [0, 0.1) is 0 Å². The van der Waals surface area contributed by atoms with Gasteiger partial charge in [-0.2, -0.15) is 0 Å². The van der Waals surface area contributed by atoms with E-state index < -0.39 is 0 Å². The Hall–Kier alpha value is -1.84. The number of hydrogen-bond donors (Lipinski definition) is 1.